The van der Waals surface area contributed by atoms with Gasteiger partial charge in [0.2, 0.25) is 0 Å². The maximum atomic E-state index is 13.0. The average molecular weight is 433 g/mol. The Kier molecular flexibility index (Phi) is 5.98. The molecule has 7 nitrogen and oxygen atoms in total. The van der Waals surface area contributed by atoms with Crippen molar-refractivity contribution >= 4 is 17.4 Å². The van der Waals surface area contributed by atoms with E-state index in [1.807, 2.05) is 6.92 Å². The number of ether oxygens (including phenoxy) is 2. The lowest BCUT2D eigenvalue weighted by Gasteiger charge is -2.24. The van der Waals surface area contributed by atoms with Gasteiger partial charge in [-0.25, -0.2) is 0 Å². The minimum Gasteiger partial charge on any atom is -0.507 e. The molecular formula is C25H23NO6. The summed E-state index contributed by atoms with van der Waals surface area (Å²) in [5.41, 5.74) is 1.11. The SMILES string of the molecule is CCOc1ccc([C@H]2C(=C(O)c3ccc(OC)cc3)C(=O)C(=O)N2Cc2ccco2)cc1. The van der Waals surface area contributed by atoms with Gasteiger partial charge < -0.3 is 23.9 Å². The molecule has 1 N–H and O–H groups in total. The number of likely N-dealkylation sites (tertiary alicyclic amines) is 1. The molecule has 1 amide bonds. The smallest absolute Gasteiger partial charge is 0.296 e. The molecule has 32 heavy (non-hydrogen) atoms. The van der Waals surface area contributed by atoms with Gasteiger partial charge >= 0.3 is 0 Å². The van der Waals surface area contributed by atoms with Crippen molar-refractivity contribution in [1.82, 2.24) is 4.90 Å². The highest BCUT2D eigenvalue weighted by atomic mass is 16.5. The summed E-state index contributed by atoms with van der Waals surface area (Å²) in [5.74, 6) is 0.135. The molecule has 0 radical (unpaired) electrons. The van der Waals surface area contributed by atoms with E-state index in [4.69, 9.17) is 13.9 Å². The van der Waals surface area contributed by atoms with Gasteiger partial charge in [-0.3, -0.25) is 9.59 Å². The summed E-state index contributed by atoms with van der Waals surface area (Å²) in [6, 6.07) is 16.5. The van der Waals surface area contributed by atoms with E-state index in [0.29, 0.717) is 35.0 Å². The Labute approximate surface area is 185 Å². The summed E-state index contributed by atoms with van der Waals surface area (Å²) >= 11 is 0. The summed E-state index contributed by atoms with van der Waals surface area (Å²) in [6.45, 7) is 2.50. The monoisotopic (exact) mass is 433 g/mol. The molecule has 1 fully saturated rings. The fourth-order valence-corrected chi connectivity index (χ4v) is 3.78. The highest BCUT2D eigenvalue weighted by Crippen LogP contribution is 2.40. The van der Waals surface area contributed by atoms with Crippen LogP contribution in [0.1, 0.15) is 29.9 Å². The van der Waals surface area contributed by atoms with E-state index >= 15 is 0 Å². The minimum atomic E-state index is -0.780. The van der Waals surface area contributed by atoms with Crippen LogP contribution in [0.15, 0.2) is 76.9 Å². The largest absolute Gasteiger partial charge is 0.507 e. The van der Waals surface area contributed by atoms with Crippen LogP contribution in [0.5, 0.6) is 11.5 Å². The van der Waals surface area contributed by atoms with Gasteiger partial charge in [0.05, 0.1) is 38.1 Å². The molecule has 2 aromatic carbocycles. The van der Waals surface area contributed by atoms with Crippen molar-refractivity contribution in [3.05, 3.63) is 89.4 Å². The topological polar surface area (TPSA) is 89.2 Å². The third kappa shape index (κ3) is 3.97. The number of hydrogen-bond donors (Lipinski definition) is 1. The standard InChI is InChI=1S/C25H23NO6/c1-3-31-19-12-6-16(7-13-19)22-21(23(27)17-8-10-18(30-2)11-9-17)24(28)25(29)26(22)15-20-5-4-14-32-20/h4-14,22,27H,3,15H2,1-2H3/t22-/m0/s1. The van der Waals surface area contributed by atoms with Crippen LogP contribution in [0.25, 0.3) is 5.76 Å². The summed E-state index contributed by atoms with van der Waals surface area (Å²) in [4.78, 5) is 27.4. The van der Waals surface area contributed by atoms with Crippen molar-refractivity contribution in [2.24, 2.45) is 0 Å². The molecule has 1 aliphatic heterocycles. The number of aliphatic hydroxyl groups excluding tert-OH is 1. The highest BCUT2D eigenvalue weighted by Gasteiger charge is 2.46. The molecule has 0 saturated carbocycles. The summed E-state index contributed by atoms with van der Waals surface area (Å²) < 4.78 is 16.1. The van der Waals surface area contributed by atoms with Crippen LogP contribution >= 0.6 is 0 Å². The van der Waals surface area contributed by atoms with Crippen LogP contribution in [0.3, 0.4) is 0 Å². The number of amides is 1. The lowest BCUT2D eigenvalue weighted by molar-refractivity contribution is -0.140. The predicted molar refractivity (Wildman–Crippen MR) is 117 cm³/mol. The number of Topliss-reactive ketones (excluding diaryl/α,β-unsaturated/α-hetero) is 1. The second-order valence-corrected chi connectivity index (χ2v) is 7.24. The van der Waals surface area contributed by atoms with Crippen molar-refractivity contribution in [1.29, 1.82) is 0 Å². The molecule has 4 rings (SSSR count). The zero-order valence-corrected chi connectivity index (χ0v) is 17.8. The maximum absolute atomic E-state index is 13.0. The van der Waals surface area contributed by atoms with Crippen molar-refractivity contribution < 1.29 is 28.6 Å². The van der Waals surface area contributed by atoms with Gasteiger partial charge in [0.25, 0.3) is 11.7 Å². The molecule has 7 heteroatoms. The fourth-order valence-electron chi connectivity index (χ4n) is 3.78. The van der Waals surface area contributed by atoms with Crippen LogP contribution in [0, 0.1) is 0 Å². The van der Waals surface area contributed by atoms with Gasteiger partial charge in [-0.2, -0.15) is 0 Å². The van der Waals surface area contributed by atoms with Crippen LogP contribution in [0.4, 0.5) is 0 Å². The molecule has 1 aromatic heterocycles. The number of aliphatic hydroxyl groups is 1. The van der Waals surface area contributed by atoms with E-state index in [-0.39, 0.29) is 17.9 Å². The first kappa shape index (κ1) is 21.2. The molecule has 1 atom stereocenters. The molecule has 3 aromatic rings. The number of hydrogen-bond acceptors (Lipinski definition) is 6. The zero-order valence-electron chi connectivity index (χ0n) is 17.8. The zero-order chi connectivity index (χ0) is 22.7. The van der Waals surface area contributed by atoms with E-state index in [2.05, 4.69) is 0 Å². The van der Waals surface area contributed by atoms with E-state index in [0.717, 1.165) is 0 Å². The summed E-state index contributed by atoms with van der Waals surface area (Å²) in [6.07, 6.45) is 1.51. The molecular weight excluding hydrogens is 410 g/mol. The first-order valence-corrected chi connectivity index (χ1v) is 10.2. The van der Waals surface area contributed by atoms with Crippen LogP contribution in [0.2, 0.25) is 0 Å². The molecule has 0 spiro atoms. The molecule has 164 valence electrons. The number of benzene rings is 2. The number of furan rings is 1. The fraction of sp³-hybridized carbons (Fsp3) is 0.200. The Bertz CT molecular complexity index is 1130. The molecule has 2 heterocycles. The average Bonchev–Trinajstić information content (AvgIpc) is 3.42. The van der Waals surface area contributed by atoms with Gasteiger partial charge in [-0.05, 0) is 61.0 Å². The molecule has 0 aliphatic carbocycles. The lowest BCUT2D eigenvalue weighted by Crippen LogP contribution is -2.29. The maximum Gasteiger partial charge on any atom is 0.296 e. The molecule has 1 aliphatic rings. The van der Waals surface area contributed by atoms with Gasteiger partial charge in [0.15, 0.2) is 0 Å². The Hall–Kier alpha value is -4.00. The normalized spacial score (nSPS) is 17.6. The third-order valence-corrected chi connectivity index (χ3v) is 5.32. The van der Waals surface area contributed by atoms with Crippen molar-refractivity contribution in [2.75, 3.05) is 13.7 Å². The predicted octanol–water partition coefficient (Wildman–Crippen LogP) is 4.31. The van der Waals surface area contributed by atoms with Crippen LogP contribution in [-0.4, -0.2) is 35.4 Å². The number of methoxy groups -OCH3 is 1. The van der Waals surface area contributed by atoms with Crippen molar-refractivity contribution in [3.8, 4) is 11.5 Å². The third-order valence-electron chi connectivity index (χ3n) is 5.32. The number of nitrogens with zero attached hydrogens (tertiary/aromatic N) is 1. The van der Waals surface area contributed by atoms with Gasteiger partial charge in [0, 0.05) is 5.56 Å². The molecule has 0 bridgehead atoms. The second-order valence-electron chi connectivity index (χ2n) is 7.24. The van der Waals surface area contributed by atoms with Crippen LogP contribution < -0.4 is 9.47 Å². The lowest BCUT2D eigenvalue weighted by atomic mass is 9.95. The highest BCUT2D eigenvalue weighted by molar-refractivity contribution is 6.46. The first-order valence-electron chi connectivity index (χ1n) is 10.2. The summed E-state index contributed by atoms with van der Waals surface area (Å²) in [5, 5.41) is 11.1. The second kappa shape index (κ2) is 9.01. The van der Waals surface area contributed by atoms with Gasteiger partial charge in [-0.15, -0.1) is 0 Å². The number of carbonyl (C=O) groups excluding carboxylic acids is 2. The number of ketones is 1. The van der Waals surface area contributed by atoms with E-state index in [1.54, 1.807) is 67.8 Å². The Balaban J connectivity index is 1.81. The first-order chi connectivity index (χ1) is 15.5. The Morgan fingerprint density at radius 1 is 1.03 bits per heavy atom. The number of carbonyl (C=O) groups is 2. The van der Waals surface area contributed by atoms with Crippen molar-refractivity contribution in [3.63, 3.8) is 0 Å². The molecule has 0 unspecified atom stereocenters. The Morgan fingerprint density at radius 2 is 1.72 bits per heavy atom. The van der Waals surface area contributed by atoms with E-state index in [9.17, 15) is 14.7 Å². The van der Waals surface area contributed by atoms with Crippen LogP contribution in [-0.2, 0) is 16.1 Å². The van der Waals surface area contributed by atoms with E-state index < -0.39 is 17.7 Å². The quantitative estimate of drug-likeness (QED) is 0.339. The molecule has 1 saturated heterocycles. The number of rotatable bonds is 7. The Morgan fingerprint density at radius 3 is 2.31 bits per heavy atom. The van der Waals surface area contributed by atoms with Gasteiger partial charge in [-0.1, -0.05) is 12.1 Å². The van der Waals surface area contributed by atoms with Gasteiger partial charge in [0.1, 0.15) is 23.0 Å². The minimum absolute atomic E-state index is 0.0240. The van der Waals surface area contributed by atoms with Crippen molar-refractivity contribution in [2.45, 2.75) is 19.5 Å². The van der Waals surface area contributed by atoms with E-state index in [1.165, 1.54) is 11.2 Å². The summed E-state index contributed by atoms with van der Waals surface area (Å²) in [7, 11) is 1.54.